The molecule has 0 unspecified atom stereocenters. The molecule has 1 aliphatic carbocycles. The average molecular weight is 230 g/mol. The molecule has 90 valence electrons. The van der Waals surface area contributed by atoms with E-state index >= 15 is 0 Å². The molecule has 0 spiro atoms. The van der Waals surface area contributed by atoms with Crippen LogP contribution in [-0.4, -0.2) is 16.5 Å². The zero-order valence-corrected chi connectivity index (χ0v) is 10.2. The molecule has 1 fully saturated rings. The van der Waals surface area contributed by atoms with Gasteiger partial charge in [0.15, 0.2) is 5.69 Å². The summed E-state index contributed by atoms with van der Waals surface area (Å²) < 4.78 is 0. The Morgan fingerprint density at radius 1 is 1.41 bits per heavy atom. The number of anilines is 1. The molecule has 4 nitrogen and oxygen atoms in total. The van der Waals surface area contributed by atoms with Crippen LogP contribution in [0.15, 0.2) is 12.4 Å². The average Bonchev–Trinajstić information content (AvgIpc) is 2.33. The fourth-order valence-electron chi connectivity index (χ4n) is 2.48. The van der Waals surface area contributed by atoms with Gasteiger partial charge in [-0.25, -0.2) is 9.97 Å². The standard InChI is InChI=1S/C13H18N4/c1-2-4-13(5-3-6-13)10-17-12-9-15-11(7-14)8-16-12/h8-9H,2-6,10H2,1H3,(H,16,17). The maximum Gasteiger partial charge on any atom is 0.158 e. The summed E-state index contributed by atoms with van der Waals surface area (Å²) in [5.74, 6) is 0.770. The van der Waals surface area contributed by atoms with E-state index in [1.165, 1.54) is 38.3 Å². The van der Waals surface area contributed by atoms with Crippen LogP contribution in [0.4, 0.5) is 5.82 Å². The summed E-state index contributed by atoms with van der Waals surface area (Å²) in [5, 5.41) is 12.0. The van der Waals surface area contributed by atoms with Crippen LogP contribution in [0.2, 0.25) is 0 Å². The smallest absolute Gasteiger partial charge is 0.158 e. The summed E-state index contributed by atoms with van der Waals surface area (Å²) in [7, 11) is 0. The number of hydrogen-bond donors (Lipinski definition) is 1. The Labute approximate surface area is 102 Å². The van der Waals surface area contributed by atoms with Gasteiger partial charge in [-0.2, -0.15) is 5.26 Å². The lowest BCUT2D eigenvalue weighted by molar-refractivity contribution is 0.135. The molecule has 1 aromatic heterocycles. The molecule has 0 aromatic carbocycles. The second-order valence-electron chi connectivity index (χ2n) is 4.86. The molecule has 0 radical (unpaired) electrons. The van der Waals surface area contributed by atoms with E-state index in [9.17, 15) is 0 Å². The van der Waals surface area contributed by atoms with E-state index in [1.807, 2.05) is 6.07 Å². The van der Waals surface area contributed by atoms with Gasteiger partial charge in [-0.15, -0.1) is 0 Å². The number of nitrogens with one attached hydrogen (secondary N) is 1. The third-order valence-corrected chi connectivity index (χ3v) is 3.61. The topological polar surface area (TPSA) is 61.6 Å². The van der Waals surface area contributed by atoms with E-state index in [-0.39, 0.29) is 0 Å². The van der Waals surface area contributed by atoms with Crippen molar-refractivity contribution >= 4 is 5.82 Å². The second kappa shape index (κ2) is 5.13. The van der Waals surface area contributed by atoms with Crippen molar-refractivity contribution in [3.8, 4) is 6.07 Å². The molecule has 0 amide bonds. The van der Waals surface area contributed by atoms with Crippen LogP contribution in [-0.2, 0) is 0 Å². The Morgan fingerprint density at radius 2 is 2.24 bits per heavy atom. The first-order valence-corrected chi connectivity index (χ1v) is 6.24. The van der Waals surface area contributed by atoms with Crippen LogP contribution < -0.4 is 5.32 Å². The molecule has 1 aromatic rings. The van der Waals surface area contributed by atoms with Gasteiger partial charge < -0.3 is 5.32 Å². The lowest BCUT2D eigenvalue weighted by Gasteiger charge is -2.42. The molecule has 1 heterocycles. The summed E-state index contributed by atoms with van der Waals surface area (Å²) in [4.78, 5) is 8.18. The molecule has 1 saturated carbocycles. The number of nitriles is 1. The number of nitrogens with zero attached hydrogens (tertiary/aromatic N) is 3. The highest BCUT2D eigenvalue weighted by Gasteiger charge is 2.35. The first-order valence-electron chi connectivity index (χ1n) is 6.24. The molecule has 1 aliphatic rings. The normalized spacial score (nSPS) is 16.9. The highest BCUT2D eigenvalue weighted by atomic mass is 15.0. The largest absolute Gasteiger partial charge is 0.368 e. The van der Waals surface area contributed by atoms with E-state index < -0.39 is 0 Å². The third kappa shape index (κ3) is 2.73. The predicted octanol–water partition coefficient (Wildman–Crippen LogP) is 2.73. The molecule has 4 heteroatoms. The van der Waals surface area contributed by atoms with Gasteiger partial charge in [0.1, 0.15) is 11.9 Å². The highest BCUT2D eigenvalue weighted by molar-refractivity contribution is 5.33. The maximum absolute atomic E-state index is 8.63. The Bertz CT molecular complexity index is 400. The minimum atomic E-state index is 0.363. The van der Waals surface area contributed by atoms with Gasteiger partial charge in [-0.1, -0.05) is 19.8 Å². The van der Waals surface area contributed by atoms with E-state index in [2.05, 4.69) is 22.2 Å². The molecule has 0 aliphatic heterocycles. The number of aromatic nitrogens is 2. The van der Waals surface area contributed by atoms with Crippen LogP contribution in [0.5, 0.6) is 0 Å². The predicted molar refractivity (Wildman–Crippen MR) is 66.4 cm³/mol. The van der Waals surface area contributed by atoms with Gasteiger partial charge in [0, 0.05) is 6.54 Å². The van der Waals surface area contributed by atoms with Gasteiger partial charge in [-0.05, 0) is 24.7 Å². The lowest BCUT2D eigenvalue weighted by Crippen LogP contribution is -2.36. The van der Waals surface area contributed by atoms with Gasteiger partial charge in [0.2, 0.25) is 0 Å². The van der Waals surface area contributed by atoms with Gasteiger partial charge in [-0.3, -0.25) is 0 Å². The van der Waals surface area contributed by atoms with Crippen LogP contribution in [0.25, 0.3) is 0 Å². The molecule has 0 atom stereocenters. The number of rotatable bonds is 5. The summed E-state index contributed by atoms with van der Waals surface area (Å²) in [6, 6.07) is 1.97. The quantitative estimate of drug-likeness (QED) is 0.844. The van der Waals surface area contributed by atoms with E-state index in [1.54, 1.807) is 6.20 Å². The maximum atomic E-state index is 8.63. The summed E-state index contributed by atoms with van der Waals surface area (Å²) in [6.07, 6.45) is 9.65. The highest BCUT2D eigenvalue weighted by Crippen LogP contribution is 2.44. The molecular formula is C13H18N4. The Morgan fingerprint density at radius 3 is 2.71 bits per heavy atom. The van der Waals surface area contributed by atoms with Gasteiger partial charge in [0.25, 0.3) is 0 Å². The summed E-state index contributed by atoms with van der Waals surface area (Å²) in [6.45, 7) is 3.21. The Kier molecular flexibility index (Phi) is 3.58. The molecule has 0 saturated heterocycles. The monoisotopic (exact) mass is 230 g/mol. The van der Waals surface area contributed by atoms with Gasteiger partial charge >= 0.3 is 0 Å². The molecule has 17 heavy (non-hydrogen) atoms. The summed E-state index contributed by atoms with van der Waals surface area (Å²) in [5.41, 5.74) is 0.840. The van der Waals surface area contributed by atoms with E-state index in [0.29, 0.717) is 11.1 Å². The Hall–Kier alpha value is -1.63. The first-order chi connectivity index (χ1) is 8.28. The molecular weight excluding hydrogens is 212 g/mol. The van der Waals surface area contributed by atoms with Crippen molar-refractivity contribution in [3.05, 3.63) is 18.1 Å². The fourth-order valence-corrected chi connectivity index (χ4v) is 2.48. The Balaban J connectivity index is 1.90. The minimum absolute atomic E-state index is 0.363. The van der Waals surface area contributed by atoms with Crippen LogP contribution in [0, 0.1) is 16.7 Å². The third-order valence-electron chi connectivity index (χ3n) is 3.61. The van der Waals surface area contributed by atoms with Crippen LogP contribution >= 0.6 is 0 Å². The van der Waals surface area contributed by atoms with Crippen molar-refractivity contribution in [1.82, 2.24) is 9.97 Å². The number of hydrogen-bond acceptors (Lipinski definition) is 4. The van der Waals surface area contributed by atoms with Crippen LogP contribution in [0.1, 0.15) is 44.7 Å². The van der Waals surface area contributed by atoms with Crippen molar-refractivity contribution in [2.24, 2.45) is 5.41 Å². The zero-order chi connectivity index (χ0) is 12.1. The van der Waals surface area contributed by atoms with E-state index in [0.717, 1.165) is 12.4 Å². The molecule has 0 bridgehead atoms. The second-order valence-corrected chi connectivity index (χ2v) is 4.86. The van der Waals surface area contributed by atoms with Crippen LogP contribution in [0.3, 0.4) is 0 Å². The van der Waals surface area contributed by atoms with Crippen molar-refractivity contribution in [2.45, 2.75) is 39.0 Å². The molecule has 1 N–H and O–H groups in total. The lowest BCUT2D eigenvalue weighted by atomic mass is 9.66. The SMILES string of the molecule is CCCC1(CNc2cnc(C#N)cn2)CCC1. The van der Waals surface area contributed by atoms with Gasteiger partial charge in [0.05, 0.1) is 12.4 Å². The summed E-state index contributed by atoms with van der Waals surface area (Å²) >= 11 is 0. The minimum Gasteiger partial charge on any atom is -0.368 e. The molecule has 2 rings (SSSR count). The first kappa shape index (κ1) is 11.8. The van der Waals surface area contributed by atoms with Crippen molar-refractivity contribution in [2.75, 3.05) is 11.9 Å². The van der Waals surface area contributed by atoms with Crippen molar-refractivity contribution in [3.63, 3.8) is 0 Å². The fraction of sp³-hybridized carbons (Fsp3) is 0.615. The van der Waals surface area contributed by atoms with Crippen molar-refractivity contribution in [1.29, 1.82) is 5.26 Å². The zero-order valence-electron chi connectivity index (χ0n) is 10.2. The van der Waals surface area contributed by atoms with Crippen molar-refractivity contribution < 1.29 is 0 Å². The van der Waals surface area contributed by atoms with E-state index in [4.69, 9.17) is 5.26 Å².